The third-order valence-corrected chi connectivity index (χ3v) is 5.27. The first-order valence-corrected chi connectivity index (χ1v) is 8.52. The molecule has 0 aliphatic carbocycles. The number of benzene rings is 1. The van der Waals surface area contributed by atoms with Gasteiger partial charge in [0.1, 0.15) is 11.6 Å². The molecular weight excluding hydrogens is 354 g/mol. The van der Waals surface area contributed by atoms with Crippen molar-refractivity contribution in [2.24, 2.45) is 5.41 Å². The second kappa shape index (κ2) is 8.37. The zero-order valence-electron chi connectivity index (χ0n) is 13.5. The van der Waals surface area contributed by atoms with Crippen LogP contribution in [0.1, 0.15) is 25.7 Å². The van der Waals surface area contributed by atoms with E-state index in [0.717, 1.165) is 39.0 Å². The van der Waals surface area contributed by atoms with Gasteiger partial charge in [0.2, 0.25) is 5.91 Å². The maximum Gasteiger partial charge on any atom is 0.225 e. The van der Waals surface area contributed by atoms with Crippen LogP contribution in [-0.2, 0) is 4.79 Å². The molecule has 134 valence electrons. The SMILES string of the molecule is Cl.O=C(CCOc1ccc(F)cc1Cl)N1CCC2(CCNC2)CC1. The molecule has 1 spiro atoms. The van der Waals surface area contributed by atoms with E-state index in [1.54, 1.807) is 0 Å². The molecular formula is C17H23Cl2FN2O2. The zero-order valence-corrected chi connectivity index (χ0v) is 15.1. The molecule has 0 bridgehead atoms. The second-order valence-corrected chi connectivity index (χ2v) is 6.89. The van der Waals surface area contributed by atoms with Gasteiger partial charge in [-0.1, -0.05) is 11.6 Å². The quantitative estimate of drug-likeness (QED) is 0.876. The van der Waals surface area contributed by atoms with Crippen molar-refractivity contribution in [3.05, 3.63) is 29.0 Å². The summed E-state index contributed by atoms with van der Waals surface area (Å²) in [5.41, 5.74) is 0.412. The van der Waals surface area contributed by atoms with Crippen molar-refractivity contribution >= 4 is 29.9 Å². The van der Waals surface area contributed by atoms with E-state index in [-0.39, 0.29) is 29.9 Å². The van der Waals surface area contributed by atoms with Gasteiger partial charge in [-0.15, -0.1) is 12.4 Å². The Morgan fingerprint density at radius 1 is 1.33 bits per heavy atom. The van der Waals surface area contributed by atoms with Gasteiger partial charge in [-0.3, -0.25) is 4.79 Å². The molecule has 2 saturated heterocycles. The maximum absolute atomic E-state index is 13.0. The molecule has 4 nitrogen and oxygen atoms in total. The van der Waals surface area contributed by atoms with E-state index in [2.05, 4.69) is 5.32 Å². The maximum atomic E-state index is 13.0. The number of hydrogen-bond acceptors (Lipinski definition) is 3. The number of rotatable bonds is 4. The van der Waals surface area contributed by atoms with Crippen molar-refractivity contribution in [3.8, 4) is 5.75 Å². The molecule has 2 fully saturated rings. The Balaban J connectivity index is 0.00000208. The van der Waals surface area contributed by atoms with Crippen molar-refractivity contribution < 1.29 is 13.9 Å². The number of carbonyl (C=O) groups is 1. The number of amides is 1. The molecule has 1 aromatic carbocycles. The highest BCUT2D eigenvalue weighted by Crippen LogP contribution is 2.37. The van der Waals surface area contributed by atoms with E-state index in [1.807, 2.05) is 4.90 Å². The number of hydrogen-bond donors (Lipinski definition) is 1. The van der Waals surface area contributed by atoms with Gasteiger partial charge in [0.15, 0.2) is 0 Å². The van der Waals surface area contributed by atoms with Crippen molar-refractivity contribution in [3.63, 3.8) is 0 Å². The molecule has 7 heteroatoms. The largest absolute Gasteiger partial charge is 0.491 e. The summed E-state index contributed by atoms with van der Waals surface area (Å²) in [5.74, 6) is 0.126. The standard InChI is InChI=1S/C17H22ClFN2O2.ClH/c18-14-11-13(19)1-2-15(14)23-10-3-16(22)21-8-5-17(6-9-21)4-7-20-12-17;/h1-2,11,20H,3-10,12H2;1H. The topological polar surface area (TPSA) is 41.6 Å². The van der Waals surface area contributed by atoms with Gasteiger partial charge in [-0.2, -0.15) is 0 Å². The molecule has 0 atom stereocenters. The number of halogens is 3. The summed E-state index contributed by atoms with van der Waals surface area (Å²) in [6.45, 7) is 4.10. The molecule has 2 aliphatic heterocycles. The van der Waals surface area contributed by atoms with E-state index < -0.39 is 5.82 Å². The number of nitrogens with one attached hydrogen (secondary N) is 1. The summed E-state index contributed by atoms with van der Waals surface area (Å²) in [7, 11) is 0. The van der Waals surface area contributed by atoms with Crippen LogP contribution in [-0.4, -0.2) is 43.6 Å². The van der Waals surface area contributed by atoms with Crippen LogP contribution in [0.2, 0.25) is 5.02 Å². The molecule has 1 N–H and O–H groups in total. The molecule has 2 aliphatic rings. The Hall–Kier alpha value is -1.04. The predicted octanol–water partition coefficient (Wildman–Crippen LogP) is 3.27. The molecule has 2 heterocycles. The summed E-state index contributed by atoms with van der Waals surface area (Å²) in [6, 6.07) is 3.99. The molecule has 0 radical (unpaired) electrons. The highest BCUT2D eigenvalue weighted by atomic mass is 35.5. The number of carbonyl (C=O) groups excluding carboxylic acids is 1. The third kappa shape index (κ3) is 4.52. The molecule has 0 aromatic heterocycles. The summed E-state index contributed by atoms with van der Waals surface area (Å²) in [6.07, 6.45) is 3.70. The lowest BCUT2D eigenvalue weighted by Crippen LogP contribution is -2.44. The summed E-state index contributed by atoms with van der Waals surface area (Å²) in [4.78, 5) is 14.2. The Kier molecular flexibility index (Phi) is 6.72. The lowest BCUT2D eigenvalue weighted by molar-refractivity contribution is -0.133. The van der Waals surface area contributed by atoms with Gasteiger partial charge in [-0.25, -0.2) is 4.39 Å². The van der Waals surface area contributed by atoms with Gasteiger partial charge < -0.3 is 15.0 Å². The third-order valence-electron chi connectivity index (χ3n) is 4.98. The van der Waals surface area contributed by atoms with Gasteiger partial charge >= 0.3 is 0 Å². The minimum atomic E-state index is -0.401. The van der Waals surface area contributed by atoms with Crippen LogP contribution in [0.3, 0.4) is 0 Å². The summed E-state index contributed by atoms with van der Waals surface area (Å²) >= 11 is 5.90. The van der Waals surface area contributed by atoms with E-state index in [4.69, 9.17) is 16.3 Å². The Morgan fingerprint density at radius 2 is 2.08 bits per heavy atom. The molecule has 24 heavy (non-hydrogen) atoms. The smallest absolute Gasteiger partial charge is 0.225 e. The van der Waals surface area contributed by atoms with Gasteiger partial charge in [-0.05, 0) is 49.4 Å². The molecule has 3 rings (SSSR count). The van der Waals surface area contributed by atoms with Crippen LogP contribution in [0.25, 0.3) is 0 Å². The fraction of sp³-hybridized carbons (Fsp3) is 0.588. The van der Waals surface area contributed by atoms with E-state index in [1.165, 1.54) is 24.6 Å². The van der Waals surface area contributed by atoms with Gasteiger partial charge in [0.05, 0.1) is 18.1 Å². The Bertz CT molecular complexity index is 570. The highest BCUT2D eigenvalue weighted by molar-refractivity contribution is 6.32. The van der Waals surface area contributed by atoms with Crippen LogP contribution in [0, 0.1) is 11.2 Å². The van der Waals surface area contributed by atoms with Crippen molar-refractivity contribution in [1.29, 1.82) is 0 Å². The van der Waals surface area contributed by atoms with Crippen molar-refractivity contribution in [2.75, 3.05) is 32.8 Å². The Morgan fingerprint density at radius 3 is 2.71 bits per heavy atom. The molecule has 1 amide bonds. The number of likely N-dealkylation sites (tertiary alicyclic amines) is 1. The lowest BCUT2D eigenvalue weighted by Gasteiger charge is -2.38. The van der Waals surface area contributed by atoms with E-state index in [0.29, 0.717) is 17.6 Å². The molecule has 0 unspecified atom stereocenters. The first-order valence-electron chi connectivity index (χ1n) is 8.14. The van der Waals surface area contributed by atoms with Crippen LogP contribution in [0.5, 0.6) is 5.75 Å². The predicted molar refractivity (Wildman–Crippen MR) is 94.5 cm³/mol. The van der Waals surface area contributed by atoms with Crippen LogP contribution < -0.4 is 10.1 Å². The van der Waals surface area contributed by atoms with Crippen LogP contribution in [0.15, 0.2) is 18.2 Å². The van der Waals surface area contributed by atoms with E-state index >= 15 is 0 Å². The van der Waals surface area contributed by atoms with Gasteiger partial charge in [0, 0.05) is 19.6 Å². The summed E-state index contributed by atoms with van der Waals surface area (Å²) < 4.78 is 18.5. The monoisotopic (exact) mass is 376 g/mol. The van der Waals surface area contributed by atoms with Crippen LogP contribution in [0.4, 0.5) is 4.39 Å². The highest BCUT2D eigenvalue weighted by Gasteiger charge is 2.37. The van der Waals surface area contributed by atoms with Crippen LogP contribution >= 0.6 is 24.0 Å². The first-order chi connectivity index (χ1) is 11.1. The second-order valence-electron chi connectivity index (χ2n) is 6.48. The minimum Gasteiger partial charge on any atom is -0.491 e. The number of nitrogens with zero attached hydrogens (tertiary/aromatic N) is 1. The summed E-state index contributed by atoms with van der Waals surface area (Å²) in [5, 5.41) is 3.65. The normalized spacial score (nSPS) is 19.2. The molecule has 1 aromatic rings. The number of ether oxygens (including phenoxy) is 1. The minimum absolute atomic E-state index is 0. The Labute approximate surface area is 153 Å². The van der Waals surface area contributed by atoms with E-state index in [9.17, 15) is 9.18 Å². The average molecular weight is 377 g/mol. The fourth-order valence-electron chi connectivity index (χ4n) is 3.45. The van der Waals surface area contributed by atoms with Gasteiger partial charge in [0.25, 0.3) is 0 Å². The zero-order chi connectivity index (χ0) is 16.3. The number of piperidine rings is 1. The lowest BCUT2D eigenvalue weighted by atomic mass is 9.78. The molecule has 0 saturated carbocycles. The van der Waals surface area contributed by atoms with Crippen molar-refractivity contribution in [1.82, 2.24) is 10.2 Å². The first kappa shape index (κ1) is 19.3. The van der Waals surface area contributed by atoms with Crippen molar-refractivity contribution in [2.45, 2.75) is 25.7 Å². The average Bonchev–Trinajstić information content (AvgIpc) is 2.98. The fourth-order valence-corrected chi connectivity index (χ4v) is 3.67.